The minimum absolute atomic E-state index is 0. The van der Waals surface area contributed by atoms with E-state index in [-0.39, 0.29) is 12.4 Å². The van der Waals surface area contributed by atoms with Gasteiger partial charge in [0.2, 0.25) is 5.91 Å². The first-order chi connectivity index (χ1) is 8.74. The van der Waals surface area contributed by atoms with Crippen molar-refractivity contribution < 1.29 is 4.79 Å². The molecule has 1 heterocycles. The molecule has 3 nitrogen and oxygen atoms in total. The van der Waals surface area contributed by atoms with Gasteiger partial charge in [0.05, 0.1) is 0 Å². The molecular weight excluding hydrogens is 260 g/mol. The first kappa shape index (κ1) is 15.1. The molecule has 2 aliphatic carbocycles. The van der Waals surface area contributed by atoms with Gasteiger partial charge in [-0.1, -0.05) is 6.42 Å². The highest BCUT2D eigenvalue weighted by Gasteiger charge is 2.40. The summed E-state index contributed by atoms with van der Waals surface area (Å²) in [5.41, 5.74) is 0. The molecule has 3 fully saturated rings. The van der Waals surface area contributed by atoms with Gasteiger partial charge in [-0.05, 0) is 62.9 Å². The molecule has 2 bridgehead atoms. The first-order valence-corrected chi connectivity index (χ1v) is 7.70. The summed E-state index contributed by atoms with van der Waals surface area (Å²) in [4.78, 5) is 14.4. The van der Waals surface area contributed by atoms with Crippen LogP contribution in [0.4, 0.5) is 0 Å². The highest BCUT2D eigenvalue weighted by Crippen LogP contribution is 2.49. The monoisotopic (exact) mass is 286 g/mol. The van der Waals surface area contributed by atoms with Crippen molar-refractivity contribution in [2.75, 3.05) is 20.1 Å². The number of piperidine rings is 1. The van der Waals surface area contributed by atoms with E-state index < -0.39 is 0 Å². The zero-order valence-corrected chi connectivity index (χ0v) is 12.8. The fourth-order valence-electron chi connectivity index (χ4n) is 4.39. The molecular formula is C15H27ClN2O. The zero-order valence-electron chi connectivity index (χ0n) is 11.9. The van der Waals surface area contributed by atoms with Gasteiger partial charge in [-0.2, -0.15) is 0 Å². The van der Waals surface area contributed by atoms with Crippen LogP contribution < -0.4 is 5.32 Å². The van der Waals surface area contributed by atoms with Crippen molar-refractivity contribution in [3.8, 4) is 0 Å². The number of amides is 1. The molecule has 0 aromatic rings. The van der Waals surface area contributed by atoms with Crippen LogP contribution >= 0.6 is 12.4 Å². The average Bonchev–Trinajstić information content (AvgIpc) is 3.01. The Balaban J connectivity index is 0.00000133. The number of rotatable bonds is 3. The first-order valence-electron chi connectivity index (χ1n) is 7.70. The maximum absolute atomic E-state index is 12.4. The predicted molar refractivity (Wildman–Crippen MR) is 79.5 cm³/mol. The highest BCUT2D eigenvalue weighted by molar-refractivity contribution is 5.85. The molecule has 0 spiro atoms. The van der Waals surface area contributed by atoms with Gasteiger partial charge in [0.25, 0.3) is 0 Å². The molecule has 3 aliphatic rings. The Bertz CT molecular complexity index is 317. The van der Waals surface area contributed by atoms with Crippen molar-refractivity contribution in [2.45, 2.75) is 51.0 Å². The van der Waals surface area contributed by atoms with Gasteiger partial charge < -0.3 is 10.2 Å². The third kappa shape index (κ3) is 3.25. The van der Waals surface area contributed by atoms with Gasteiger partial charge in [-0.25, -0.2) is 0 Å². The Morgan fingerprint density at radius 3 is 2.47 bits per heavy atom. The SMILES string of the molecule is CN(C(=O)CC1CC2CCC1C2)C1CCNCC1.Cl. The van der Waals surface area contributed by atoms with Crippen LogP contribution in [0.3, 0.4) is 0 Å². The van der Waals surface area contributed by atoms with Gasteiger partial charge in [-0.3, -0.25) is 4.79 Å². The number of hydrogen-bond donors (Lipinski definition) is 1. The standard InChI is InChI=1S/C15H26N2O.ClH/c1-17(14-4-6-16-7-5-14)15(18)10-13-9-11-2-3-12(13)8-11;/h11-14,16H,2-10H2,1H3;1H. The predicted octanol–water partition coefficient (Wildman–Crippen LogP) is 2.44. The molecule has 0 aromatic carbocycles. The van der Waals surface area contributed by atoms with Crippen LogP contribution in [0.1, 0.15) is 44.9 Å². The minimum atomic E-state index is 0. The Morgan fingerprint density at radius 2 is 1.89 bits per heavy atom. The normalized spacial score (nSPS) is 34.1. The molecule has 1 amide bonds. The van der Waals surface area contributed by atoms with Crippen LogP contribution in [-0.2, 0) is 4.79 Å². The molecule has 19 heavy (non-hydrogen) atoms. The Labute approximate surface area is 122 Å². The van der Waals surface area contributed by atoms with Crippen molar-refractivity contribution in [3.63, 3.8) is 0 Å². The van der Waals surface area contributed by atoms with E-state index in [9.17, 15) is 4.79 Å². The fraction of sp³-hybridized carbons (Fsp3) is 0.933. The van der Waals surface area contributed by atoms with Crippen molar-refractivity contribution in [3.05, 3.63) is 0 Å². The summed E-state index contributed by atoms with van der Waals surface area (Å²) in [6.45, 7) is 2.13. The minimum Gasteiger partial charge on any atom is -0.343 e. The number of halogens is 1. The number of hydrogen-bond acceptors (Lipinski definition) is 2. The van der Waals surface area contributed by atoms with E-state index in [0.717, 1.165) is 44.2 Å². The van der Waals surface area contributed by atoms with Crippen LogP contribution in [0.25, 0.3) is 0 Å². The Kier molecular flexibility index (Phi) is 5.13. The van der Waals surface area contributed by atoms with Gasteiger partial charge in [-0.15, -0.1) is 12.4 Å². The van der Waals surface area contributed by atoms with E-state index in [2.05, 4.69) is 5.32 Å². The van der Waals surface area contributed by atoms with Gasteiger partial charge in [0.15, 0.2) is 0 Å². The Morgan fingerprint density at radius 1 is 1.16 bits per heavy atom. The third-order valence-corrected chi connectivity index (χ3v) is 5.57. The number of nitrogens with zero attached hydrogens (tertiary/aromatic N) is 1. The highest BCUT2D eigenvalue weighted by atomic mass is 35.5. The van der Waals surface area contributed by atoms with E-state index >= 15 is 0 Å². The molecule has 4 heteroatoms. The van der Waals surface area contributed by atoms with Crippen LogP contribution in [0.2, 0.25) is 0 Å². The molecule has 3 atom stereocenters. The largest absolute Gasteiger partial charge is 0.343 e. The molecule has 2 saturated carbocycles. The molecule has 0 aromatic heterocycles. The van der Waals surface area contributed by atoms with E-state index in [0.29, 0.717) is 17.9 Å². The van der Waals surface area contributed by atoms with Crippen LogP contribution in [-0.4, -0.2) is 37.0 Å². The number of carbonyl (C=O) groups is 1. The zero-order chi connectivity index (χ0) is 12.5. The Hall–Kier alpha value is -0.280. The lowest BCUT2D eigenvalue weighted by Crippen LogP contribution is -2.44. The molecule has 1 aliphatic heterocycles. The maximum atomic E-state index is 12.4. The smallest absolute Gasteiger partial charge is 0.222 e. The van der Waals surface area contributed by atoms with Gasteiger partial charge in [0, 0.05) is 19.5 Å². The average molecular weight is 287 g/mol. The molecule has 0 radical (unpaired) electrons. The summed E-state index contributed by atoms with van der Waals surface area (Å²) in [7, 11) is 2.02. The molecule has 3 rings (SSSR count). The van der Waals surface area contributed by atoms with Crippen LogP contribution in [0.15, 0.2) is 0 Å². The van der Waals surface area contributed by atoms with Crippen molar-refractivity contribution in [2.24, 2.45) is 17.8 Å². The summed E-state index contributed by atoms with van der Waals surface area (Å²) in [6, 6.07) is 0.484. The van der Waals surface area contributed by atoms with Crippen molar-refractivity contribution >= 4 is 18.3 Å². The lowest BCUT2D eigenvalue weighted by atomic mass is 9.86. The summed E-state index contributed by atoms with van der Waals surface area (Å²) < 4.78 is 0. The van der Waals surface area contributed by atoms with Gasteiger partial charge in [0.1, 0.15) is 0 Å². The van der Waals surface area contributed by atoms with E-state index in [4.69, 9.17) is 0 Å². The molecule has 110 valence electrons. The van der Waals surface area contributed by atoms with Crippen molar-refractivity contribution in [1.82, 2.24) is 10.2 Å². The van der Waals surface area contributed by atoms with Gasteiger partial charge >= 0.3 is 0 Å². The van der Waals surface area contributed by atoms with Crippen LogP contribution in [0.5, 0.6) is 0 Å². The number of fused-ring (bicyclic) bond motifs is 2. The number of nitrogens with one attached hydrogen (secondary N) is 1. The maximum Gasteiger partial charge on any atom is 0.222 e. The summed E-state index contributed by atoms with van der Waals surface area (Å²) >= 11 is 0. The van der Waals surface area contributed by atoms with E-state index in [1.165, 1.54) is 25.7 Å². The second kappa shape index (κ2) is 6.45. The number of carbonyl (C=O) groups excluding carboxylic acids is 1. The summed E-state index contributed by atoms with van der Waals surface area (Å²) in [6.07, 6.45) is 8.63. The summed E-state index contributed by atoms with van der Waals surface area (Å²) in [5.74, 6) is 2.94. The third-order valence-electron chi connectivity index (χ3n) is 5.57. The fourth-order valence-corrected chi connectivity index (χ4v) is 4.39. The van der Waals surface area contributed by atoms with E-state index in [1.807, 2.05) is 11.9 Å². The quantitative estimate of drug-likeness (QED) is 0.864. The van der Waals surface area contributed by atoms with Crippen LogP contribution in [0, 0.1) is 17.8 Å². The molecule has 1 saturated heterocycles. The van der Waals surface area contributed by atoms with E-state index in [1.54, 1.807) is 0 Å². The lowest BCUT2D eigenvalue weighted by molar-refractivity contribution is -0.133. The molecule has 3 unspecified atom stereocenters. The second-order valence-electron chi connectivity index (χ2n) is 6.62. The topological polar surface area (TPSA) is 32.3 Å². The summed E-state index contributed by atoms with van der Waals surface area (Å²) in [5, 5.41) is 3.37. The lowest BCUT2D eigenvalue weighted by Gasteiger charge is -2.33. The van der Waals surface area contributed by atoms with Crippen molar-refractivity contribution in [1.29, 1.82) is 0 Å². The molecule has 1 N–H and O–H groups in total. The second-order valence-corrected chi connectivity index (χ2v) is 6.62.